The summed E-state index contributed by atoms with van der Waals surface area (Å²) >= 11 is 6.02. The number of carbonyl (C=O) groups excluding carboxylic acids is 2. The molecule has 2 amide bonds. The van der Waals surface area contributed by atoms with Crippen LogP contribution in [0, 0.1) is 13.8 Å². The Kier molecular flexibility index (Phi) is 6.08. The van der Waals surface area contributed by atoms with E-state index < -0.39 is 17.7 Å². The Hall–Kier alpha value is -3.45. The van der Waals surface area contributed by atoms with Crippen molar-refractivity contribution in [3.63, 3.8) is 0 Å². The first-order valence-electron chi connectivity index (χ1n) is 11.2. The van der Waals surface area contributed by atoms with Crippen LogP contribution in [0.25, 0.3) is 17.0 Å². The van der Waals surface area contributed by atoms with Crippen LogP contribution in [-0.2, 0) is 9.59 Å². The average molecular weight is 479 g/mol. The summed E-state index contributed by atoms with van der Waals surface area (Å²) in [7, 11) is 0. The van der Waals surface area contributed by atoms with E-state index in [2.05, 4.69) is 5.10 Å². The van der Waals surface area contributed by atoms with E-state index in [1.54, 1.807) is 48.9 Å². The van der Waals surface area contributed by atoms with Gasteiger partial charge in [0.1, 0.15) is 5.57 Å². The maximum atomic E-state index is 13.7. The second kappa shape index (κ2) is 8.72. The van der Waals surface area contributed by atoms with Crippen LogP contribution in [0.15, 0.2) is 42.7 Å². The van der Waals surface area contributed by atoms with E-state index in [0.29, 0.717) is 16.4 Å². The van der Waals surface area contributed by atoms with Crippen LogP contribution in [0.1, 0.15) is 56.0 Å². The highest BCUT2D eigenvalue weighted by Gasteiger charge is 2.48. The number of hydrogen-bond donors (Lipinski definition) is 0. The van der Waals surface area contributed by atoms with Gasteiger partial charge in [-0.1, -0.05) is 25.4 Å². The predicted octanol–water partition coefficient (Wildman–Crippen LogP) is 3.77. The summed E-state index contributed by atoms with van der Waals surface area (Å²) in [6.45, 7) is 11.3. The van der Waals surface area contributed by atoms with Crippen molar-refractivity contribution in [2.45, 2.75) is 53.5 Å². The molecule has 0 bridgehead atoms. The Labute approximate surface area is 203 Å². The lowest BCUT2D eigenvalue weighted by atomic mass is 9.98. The van der Waals surface area contributed by atoms with Gasteiger partial charge in [0.2, 0.25) is 0 Å². The fourth-order valence-electron chi connectivity index (χ4n) is 4.10. The third-order valence-corrected chi connectivity index (χ3v) is 6.30. The summed E-state index contributed by atoms with van der Waals surface area (Å²) in [6.07, 6.45) is 3.55. The minimum atomic E-state index is -0.490. The van der Waals surface area contributed by atoms with Crippen LogP contribution >= 0.6 is 11.6 Å². The maximum Gasteiger partial charge on any atom is 0.327 e. The standard InChI is InChI=1S/C26H27ClN4O3/c1-14(2)22-20(25(33)31(28-22)19-9-7-18(27)8-10-19)21-23(26(34)30(15(3)4)24(21)32)29-12-11-16(5)17(6)13-29/h7-15H,1-6H3. The maximum absolute atomic E-state index is 13.7. The molecule has 4 rings (SSSR count). The van der Waals surface area contributed by atoms with Crippen molar-refractivity contribution in [3.05, 3.63) is 70.1 Å². The smallest absolute Gasteiger partial charge is 0.327 e. The molecule has 3 aromatic rings. The summed E-state index contributed by atoms with van der Waals surface area (Å²) in [5.74, 6) is -1.53. The molecule has 2 aromatic heterocycles. The number of pyridine rings is 1. The average Bonchev–Trinajstić information content (AvgIpc) is 3.24. The van der Waals surface area contributed by atoms with Crippen molar-refractivity contribution in [2.24, 2.45) is 0 Å². The third kappa shape index (κ3) is 3.80. The van der Waals surface area contributed by atoms with Crippen LogP contribution in [0.5, 0.6) is 5.88 Å². The summed E-state index contributed by atoms with van der Waals surface area (Å²) in [5.41, 5.74) is 3.41. The molecule has 0 radical (unpaired) electrons. The van der Waals surface area contributed by atoms with Gasteiger partial charge in [-0.15, -0.1) is 0 Å². The van der Waals surface area contributed by atoms with E-state index in [4.69, 9.17) is 11.6 Å². The van der Waals surface area contributed by atoms with Gasteiger partial charge in [0.15, 0.2) is 12.4 Å². The number of amides is 2. The van der Waals surface area contributed by atoms with Gasteiger partial charge in [0.05, 0.1) is 11.4 Å². The van der Waals surface area contributed by atoms with Gasteiger partial charge < -0.3 is 5.11 Å². The SMILES string of the molecule is Cc1cc[n+](C2=C(c3c(C(C)C)nn(-c4ccc(Cl)cc4)c3[O-])C(=O)N(C(C)C)C2=O)cc1C. The van der Waals surface area contributed by atoms with Crippen LogP contribution < -0.4 is 9.67 Å². The Morgan fingerprint density at radius 1 is 0.971 bits per heavy atom. The van der Waals surface area contributed by atoms with Gasteiger partial charge in [-0.2, -0.15) is 9.67 Å². The normalized spacial score (nSPS) is 14.3. The van der Waals surface area contributed by atoms with Crippen LogP contribution in [0.4, 0.5) is 0 Å². The molecule has 3 heterocycles. The number of rotatable bonds is 5. The summed E-state index contributed by atoms with van der Waals surface area (Å²) in [6, 6.07) is 8.25. The lowest BCUT2D eigenvalue weighted by molar-refractivity contribution is -0.577. The zero-order valence-corrected chi connectivity index (χ0v) is 20.8. The molecular formula is C26H27ClN4O3. The van der Waals surface area contributed by atoms with Gasteiger partial charge in [-0.25, -0.2) is 4.68 Å². The minimum absolute atomic E-state index is 0.0841. The topological polar surface area (TPSA) is 82.1 Å². The first-order chi connectivity index (χ1) is 16.0. The quantitative estimate of drug-likeness (QED) is 0.413. The summed E-state index contributed by atoms with van der Waals surface area (Å²) in [5, 5.41) is 18.8. The van der Waals surface area contributed by atoms with Crippen molar-refractivity contribution in [1.82, 2.24) is 14.7 Å². The number of benzene rings is 1. The first kappa shape index (κ1) is 23.7. The van der Waals surface area contributed by atoms with Crippen LogP contribution in [0.3, 0.4) is 0 Å². The van der Waals surface area contributed by atoms with Gasteiger partial charge in [0.25, 0.3) is 11.6 Å². The van der Waals surface area contributed by atoms with Crippen molar-refractivity contribution in [1.29, 1.82) is 0 Å². The van der Waals surface area contributed by atoms with Crippen molar-refractivity contribution in [2.75, 3.05) is 0 Å². The molecule has 0 spiro atoms. The Bertz CT molecular complexity index is 1340. The van der Waals surface area contributed by atoms with Crippen LogP contribution in [-0.4, -0.2) is 32.5 Å². The highest BCUT2D eigenvalue weighted by atomic mass is 35.5. The van der Waals surface area contributed by atoms with E-state index in [1.807, 2.05) is 40.0 Å². The summed E-state index contributed by atoms with van der Waals surface area (Å²) < 4.78 is 2.91. The van der Waals surface area contributed by atoms with Gasteiger partial charge >= 0.3 is 5.91 Å². The lowest BCUT2D eigenvalue weighted by Gasteiger charge is -2.19. The van der Waals surface area contributed by atoms with Gasteiger partial charge in [-0.05, 0) is 69.3 Å². The van der Waals surface area contributed by atoms with E-state index in [9.17, 15) is 14.7 Å². The van der Waals surface area contributed by atoms with Crippen molar-refractivity contribution < 1.29 is 19.3 Å². The molecule has 0 fully saturated rings. The number of carbonyl (C=O) groups is 2. The Morgan fingerprint density at radius 2 is 1.62 bits per heavy atom. The molecule has 0 saturated carbocycles. The fraction of sp³-hybridized carbons (Fsp3) is 0.308. The Balaban J connectivity index is 2.04. The van der Waals surface area contributed by atoms with E-state index in [0.717, 1.165) is 11.1 Å². The molecular weight excluding hydrogens is 452 g/mol. The van der Waals surface area contributed by atoms with Crippen molar-refractivity contribution in [3.8, 4) is 11.6 Å². The zero-order valence-electron chi connectivity index (χ0n) is 20.1. The first-order valence-corrected chi connectivity index (χ1v) is 11.6. The number of hydrogen-bond acceptors (Lipinski definition) is 4. The van der Waals surface area contributed by atoms with E-state index >= 15 is 0 Å². The third-order valence-electron chi connectivity index (χ3n) is 6.04. The molecule has 0 aliphatic carbocycles. The number of halogens is 1. The number of nitrogens with zero attached hydrogens (tertiary/aromatic N) is 4. The van der Waals surface area contributed by atoms with Gasteiger partial charge in [0, 0.05) is 28.3 Å². The molecule has 0 N–H and O–H groups in total. The lowest BCUT2D eigenvalue weighted by Crippen LogP contribution is -2.42. The van der Waals surface area contributed by atoms with Crippen LogP contribution in [0.2, 0.25) is 5.02 Å². The minimum Gasteiger partial charge on any atom is -0.858 e. The molecule has 1 aliphatic rings. The van der Waals surface area contributed by atoms with Gasteiger partial charge in [-0.3, -0.25) is 14.5 Å². The monoisotopic (exact) mass is 478 g/mol. The fourth-order valence-corrected chi connectivity index (χ4v) is 4.23. The second-order valence-electron chi connectivity index (χ2n) is 9.12. The molecule has 0 atom stereocenters. The highest BCUT2D eigenvalue weighted by Crippen LogP contribution is 2.39. The number of aryl methyl sites for hydroxylation is 2. The highest BCUT2D eigenvalue weighted by molar-refractivity contribution is 6.45. The summed E-state index contributed by atoms with van der Waals surface area (Å²) in [4.78, 5) is 28.4. The molecule has 1 aromatic carbocycles. The number of imide groups is 1. The molecule has 176 valence electrons. The molecule has 1 aliphatic heterocycles. The molecule has 8 heteroatoms. The zero-order chi connectivity index (χ0) is 24.9. The predicted molar refractivity (Wildman–Crippen MR) is 128 cm³/mol. The molecule has 0 unspecified atom stereocenters. The number of aromatic nitrogens is 3. The van der Waals surface area contributed by atoms with E-state index in [1.165, 1.54) is 9.58 Å². The second-order valence-corrected chi connectivity index (χ2v) is 9.56. The largest absolute Gasteiger partial charge is 0.858 e. The van der Waals surface area contributed by atoms with Crippen molar-refractivity contribution >= 4 is 34.7 Å². The molecule has 34 heavy (non-hydrogen) atoms. The Morgan fingerprint density at radius 3 is 2.18 bits per heavy atom. The van der Waals surface area contributed by atoms with E-state index in [-0.39, 0.29) is 28.8 Å². The molecule has 0 saturated heterocycles. The molecule has 7 nitrogen and oxygen atoms in total.